The summed E-state index contributed by atoms with van der Waals surface area (Å²) in [6, 6.07) is 0.118. The molecule has 0 aromatic heterocycles. The molecule has 4 rings (SSSR count). The van der Waals surface area contributed by atoms with Crippen LogP contribution in [0, 0.1) is 23.2 Å². The van der Waals surface area contributed by atoms with Gasteiger partial charge in [-0.2, -0.15) is 0 Å². The minimum atomic E-state index is -0.410. The average Bonchev–Trinajstić information content (AvgIpc) is 2.50. The smallest absolute Gasteiger partial charge is 0.311 e. The number of rotatable bonds is 5. The first-order chi connectivity index (χ1) is 10.9. The zero-order valence-electron chi connectivity index (χ0n) is 14.9. The maximum Gasteiger partial charge on any atom is 0.311 e. The van der Waals surface area contributed by atoms with E-state index in [1.54, 1.807) is 11.9 Å². The summed E-state index contributed by atoms with van der Waals surface area (Å²) in [7, 11) is 1.73. The summed E-state index contributed by atoms with van der Waals surface area (Å²) < 4.78 is 0. The molecule has 4 saturated carbocycles. The number of amides is 2. The first kappa shape index (κ1) is 16.8. The average molecular weight is 320 g/mol. The lowest BCUT2D eigenvalue weighted by atomic mass is 9.48. The number of nitrogens with one attached hydrogen (secondary N) is 1. The molecule has 0 radical (unpaired) electrons. The first-order valence-corrected chi connectivity index (χ1v) is 9.49. The molecule has 0 aliphatic heterocycles. The van der Waals surface area contributed by atoms with Gasteiger partial charge in [0.2, 0.25) is 0 Å². The van der Waals surface area contributed by atoms with Gasteiger partial charge in [-0.15, -0.1) is 0 Å². The topological polar surface area (TPSA) is 49.4 Å². The molecule has 1 N–H and O–H groups in total. The van der Waals surface area contributed by atoms with Crippen molar-refractivity contribution in [3.8, 4) is 0 Å². The summed E-state index contributed by atoms with van der Waals surface area (Å²) in [5.41, 5.74) is 0.257. The highest BCUT2D eigenvalue weighted by molar-refractivity contribution is 6.35. The minimum absolute atomic E-state index is 0.118. The van der Waals surface area contributed by atoms with Gasteiger partial charge in [0.1, 0.15) is 0 Å². The van der Waals surface area contributed by atoms with Gasteiger partial charge in [0.25, 0.3) is 0 Å². The highest BCUT2D eigenvalue weighted by Gasteiger charge is 2.53. The van der Waals surface area contributed by atoms with Crippen LogP contribution in [0.1, 0.15) is 65.2 Å². The van der Waals surface area contributed by atoms with E-state index >= 15 is 0 Å². The van der Waals surface area contributed by atoms with E-state index in [4.69, 9.17) is 0 Å². The van der Waals surface area contributed by atoms with Crippen LogP contribution in [0.25, 0.3) is 0 Å². The zero-order chi connectivity index (χ0) is 16.6. The first-order valence-electron chi connectivity index (χ1n) is 9.49. The van der Waals surface area contributed by atoms with Crippen molar-refractivity contribution in [3.63, 3.8) is 0 Å². The van der Waals surface area contributed by atoms with Crippen LogP contribution in [0.2, 0.25) is 0 Å². The highest BCUT2D eigenvalue weighted by Crippen LogP contribution is 2.61. The Bertz CT molecular complexity index is 439. The van der Waals surface area contributed by atoms with Crippen molar-refractivity contribution in [2.45, 2.75) is 71.3 Å². The number of carbonyl (C=O) groups excluding carboxylic acids is 2. The number of nitrogens with zero attached hydrogens (tertiary/aromatic N) is 1. The van der Waals surface area contributed by atoms with Crippen molar-refractivity contribution in [3.05, 3.63) is 0 Å². The second-order valence-corrected chi connectivity index (χ2v) is 8.56. The van der Waals surface area contributed by atoms with Crippen LogP contribution in [0.5, 0.6) is 0 Å². The van der Waals surface area contributed by atoms with Crippen molar-refractivity contribution < 1.29 is 9.59 Å². The van der Waals surface area contributed by atoms with Gasteiger partial charge in [-0.1, -0.05) is 13.3 Å². The lowest BCUT2D eigenvalue weighted by molar-refractivity contribution is -0.147. The highest BCUT2D eigenvalue weighted by atomic mass is 16.2. The van der Waals surface area contributed by atoms with Gasteiger partial charge in [-0.3, -0.25) is 9.59 Å². The van der Waals surface area contributed by atoms with Crippen LogP contribution in [-0.4, -0.2) is 36.3 Å². The van der Waals surface area contributed by atoms with E-state index < -0.39 is 5.91 Å². The van der Waals surface area contributed by atoms with Crippen molar-refractivity contribution >= 4 is 11.8 Å². The molecule has 0 heterocycles. The van der Waals surface area contributed by atoms with Gasteiger partial charge >= 0.3 is 11.8 Å². The Hall–Kier alpha value is -1.06. The quantitative estimate of drug-likeness (QED) is 0.792. The molecular weight excluding hydrogens is 288 g/mol. The van der Waals surface area contributed by atoms with Gasteiger partial charge in [0, 0.05) is 19.6 Å². The van der Waals surface area contributed by atoms with E-state index in [2.05, 4.69) is 19.2 Å². The lowest BCUT2D eigenvalue weighted by Gasteiger charge is -2.59. The second-order valence-electron chi connectivity index (χ2n) is 8.56. The number of likely N-dealkylation sites (N-methyl/N-ethyl adjacent to an activating group) is 1. The molecule has 4 heteroatoms. The fourth-order valence-electron chi connectivity index (χ4n) is 5.79. The molecule has 1 atom stereocenters. The molecule has 0 spiro atoms. The van der Waals surface area contributed by atoms with E-state index in [0.29, 0.717) is 6.54 Å². The summed E-state index contributed by atoms with van der Waals surface area (Å²) in [6.07, 6.45) is 9.93. The van der Waals surface area contributed by atoms with E-state index in [-0.39, 0.29) is 17.4 Å². The third kappa shape index (κ3) is 3.27. The van der Waals surface area contributed by atoms with Crippen LogP contribution in [-0.2, 0) is 9.59 Å². The summed E-state index contributed by atoms with van der Waals surface area (Å²) in [4.78, 5) is 26.1. The Morgan fingerprint density at radius 3 is 2.13 bits per heavy atom. The third-order valence-corrected chi connectivity index (χ3v) is 6.74. The molecule has 4 aliphatic carbocycles. The molecule has 4 nitrogen and oxygen atoms in total. The van der Waals surface area contributed by atoms with Gasteiger partial charge < -0.3 is 10.2 Å². The van der Waals surface area contributed by atoms with Crippen LogP contribution in [0.4, 0.5) is 0 Å². The Morgan fingerprint density at radius 2 is 1.65 bits per heavy atom. The van der Waals surface area contributed by atoms with Gasteiger partial charge in [-0.25, -0.2) is 0 Å². The van der Waals surface area contributed by atoms with Gasteiger partial charge in [-0.05, 0) is 75.0 Å². The summed E-state index contributed by atoms with van der Waals surface area (Å²) >= 11 is 0. The second kappa shape index (κ2) is 6.45. The normalized spacial score (nSPS) is 35.9. The number of carbonyl (C=O) groups is 2. The van der Waals surface area contributed by atoms with Crippen molar-refractivity contribution in [2.75, 3.05) is 13.6 Å². The van der Waals surface area contributed by atoms with E-state index in [9.17, 15) is 9.59 Å². The predicted octanol–water partition coefficient (Wildman–Crippen LogP) is 2.97. The van der Waals surface area contributed by atoms with Crippen LogP contribution in [0.3, 0.4) is 0 Å². The monoisotopic (exact) mass is 320 g/mol. The molecular formula is C19H32N2O2. The van der Waals surface area contributed by atoms with Crippen molar-refractivity contribution in [1.82, 2.24) is 10.2 Å². The summed E-state index contributed by atoms with van der Waals surface area (Å²) in [6.45, 7) is 4.88. The maximum atomic E-state index is 12.3. The van der Waals surface area contributed by atoms with Gasteiger partial charge in [0.05, 0.1) is 0 Å². The number of hydrogen-bond donors (Lipinski definition) is 1. The number of unbranched alkanes of at least 4 members (excludes halogenated alkanes) is 1. The Balaban J connectivity index is 1.59. The fourth-order valence-corrected chi connectivity index (χ4v) is 5.79. The molecule has 0 aromatic carbocycles. The third-order valence-electron chi connectivity index (χ3n) is 6.74. The molecule has 130 valence electrons. The Kier molecular flexibility index (Phi) is 4.70. The SMILES string of the molecule is CCCCN(C)C(=O)C(=O)NC(C)C12CC3CC(CC(C3)C1)C2. The van der Waals surface area contributed by atoms with Gasteiger partial charge in [0.15, 0.2) is 0 Å². The van der Waals surface area contributed by atoms with Crippen LogP contribution < -0.4 is 5.32 Å². The molecule has 2 amide bonds. The van der Waals surface area contributed by atoms with E-state index in [1.807, 2.05) is 0 Å². The van der Waals surface area contributed by atoms with Crippen molar-refractivity contribution in [1.29, 1.82) is 0 Å². The van der Waals surface area contributed by atoms with E-state index in [0.717, 1.165) is 30.6 Å². The molecule has 23 heavy (non-hydrogen) atoms. The van der Waals surface area contributed by atoms with Crippen LogP contribution in [0.15, 0.2) is 0 Å². The molecule has 4 fully saturated rings. The fraction of sp³-hybridized carbons (Fsp3) is 0.895. The lowest BCUT2D eigenvalue weighted by Crippen LogP contribution is -2.57. The molecule has 1 unspecified atom stereocenters. The maximum absolute atomic E-state index is 12.3. The van der Waals surface area contributed by atoms with E-state index in [1.165, 1.54) is 38.5 Å². The molecule has 4 bridgehead atoms. The largest absolute Gasteiger partial charge is 0.345 e. The molecule has 0 aromatic rings. The Labute approximate surface area is 140 Å². The molecule has 0 saturated heterocycles. The standard InChI is InChI=1S/C19H32N2O2/c1-4-5-6-21(3)18(23)17(22)20-13(2)19-10-14-7-15(11-19)9-16(8-14)12-19/h13-16H,4-12H2,1-3H3,(H,20,22). The van der Waals surface area contributed by atoms with Crippen molar-refractivity contribution in [2.24, 2.45) is 23.2 Å². The minimum Gasteiger partial charge on any atom is -0.345 e. The Morgan fingerprint density at radius 1 is 1.13 bits per heavy atom. The zero-order valence-corrected chi connectivity index (χ0v) is 14.9. The predicted molar refractivity (Wildman–Crippen MR) is 90.8 cm³/mol. The summed E-state index contributed by atoms with van der Waals surface area (Å²) in [5.74, 6) is 1.80. The summed E-state index contributed by atoms with van der Waals surface area (Å²) in [5, 5.41) is 3.06. The number of hydrogen-bond acceptors (Lipinski definition) is 2. The van der Waals surface area contributed by atoms with Crippen LogP contribution >= 0.6 is 0 Å². The molecule has 4 aliphatic rings.